The molecule has 1 aliphatic rings. The van der Waals surface area contributed by atoms with E-state index in [4.69, 9.17) is 14.6 Å². The van der Waals surface area contributed by atoms with E-state index >= 15 is 0 Å². The maximum Gasteiger partial charge on any atom is 0.311 e. The summed E-state index contributed by atoms with van der Waals surface area (Å²) in [5.74, 6) is -2.47. The van der Waals surface area contributed by atoms with Gasteiger partial charge in [0.1, 0.15) is 18.3 Å². The van der Waals surface area contributed by atoms with Crippen LogP contribution in [0.2, 0.25) is 0 Å². The van der Waals surface area contributed by atoms with E-state index in [9.17, 15) is 20.4 Å². The van der Waals surface area contributed by atoms with Gasteiger partial charge in [-0.2, -0.15) is 0 Å². The van der Waals surface area contributed by atoms with Crippen LogP contribution in [-0.2, 0) is 9.47 Å². The SMILES string of the molecule is C=CCOC1(O)O[C@H](CO)[C@@H](O)[C@H](O)[C@H]1O. The fourth-order valence-corrected chi connectivity index (χ4v) is 1.42. The first-order valence-electron chi connectivity index (χ1n) is 4.76. The monoisotopic (exact) mass is 236 g/mol. The molecule has 16 heavy (non-hydrogen) atoms. The largest absolute Gasteiger partial charge is 0.394 e. The first-order chi connectivity index (χ1) is 7.46. The Bertz CT molecular complexity index is 244. The number of ether oxygens (including phenoxy) is 2. The van der Waals surface area contributed by atoms with Crippen molar-refractivity contribution in [3.63, 3.8) is 0 Å². The van der Waals surface area contributed by atoms with E-state index in [1.807, 2.05) is 0 Å². The zero-order valence-electron chi connectivity index (χ0n) is 8.56. The van der Waals surface area contributed by atoms with Crippen LogP contribution in [0.3, 0.4) is 0 Å². The third kappa shape index (κ3) is 2.41. The predicted octanol–water partition coefficient (Wildman–Crippen LogP) is -2.69. The van der Waals surface area contributed by atoms with Crippen molar-refractivity contribution in [3.05, 3.63) is 12.7 Å². The molecule has 1 fully saturated rings. The standard InChI is InChI=1S/C9H16O7/c1-2-3-15-9(14)8(13)7(12)6(11)5(4-10)16-9/h2,5-8,10-14H,1,3-4H2/t5-,6-,7+,8-,9?/m1/s1. The minimum Gasteiger partial charge on any atom is -0.394 e. The van der Waals surface area contributed by atoms with E-state index in [2.05, 4.69) is 6.58 Å². The molecule has 0 spiro atoms. The van der Waals surface area contributed by atoms with Gasteiger partial charge in [0, 0.05) is 0 Å². The van der Waals surface area contributed by atoms with Gasteiger partial charge in [0.2, 0.25) is 0 Å². The van der Waals surface area contributed by atoms with Gasteiger partial charge in [-0.15, -0.1) is 6.58 Å². The Labute approximate surface area is 92.2 Å². The zero-order chi connectivity index (χ0) is 12.3. The Balaban J connectivity index is 2.80. The maximum absolute atomic E-state index is 9.74. The van der Waals surface area contributed by atoms with Crippen molar-refractivity contribution >= 4 is 0 Å². The van der Waals surface area contributed by atoms with Gasteiger partial charge in [0.25, 0.3) is 0 Å². The number of rotatable bonds is 4. The lowest BCUT2D eigenvalue weighted by molar-refractivity contribution is -0.446. The molecule has 5 N–H and O–H groups in total. The second kappa shape index (κ2) is 5.19. The molecule has 0 aromatic heterocycles. The molecule has 5 atom stereocenters. The summed E-state index contributed by atoms with van der Waals surface area (Å²) in [6, 6.07) is 0. The summed E-state index contributed by atoms with van der Waals surface area (Å²) in [4.78, 5) is 0. The molecular formula is C9H16O7. The topological polar surface area (TPSA) is 120 Å². The number of aliphatic hydroxyl groups excluding tert-OH is 4. The third-order valence-corrected chi connectivity index (χ3v) is 2.34. The van der Waals surface area contributed by atoms with Crippen molar-refractivity contribution in [3.8, 4) is 0 Å². The normalized spacial score (nSPS) is 44.3. The van der Waals surface area contributed by atoms with Gasteiger partial charge in [-0.1, -0.05) is 6.08 Å². The van der Waals surface area contributed by atoms with Crippen molar-refractivity contribution in [2.24, 2.45) is 0 Å². The summed E-state index contributed by atoms with van der Waals surface area (Å²) >= 11 is 0. The molecule has 0 bridgehead atoms. The van der Waals surface area contributed by atoms with Gasteiger partial charge in [-0.3, -0.25) is 0 Å². The fourth-order valence-electron chi connectivity index (χ4n) is 1.42. The average molecular weight is 236 g/mol. The van der Waals surface area contributed by atoms with Crippen LogP contribution in [0.15, 0.2) is 12.7 Å². The highest BCUT2D eigenvalue weighted by Crippen LogP contribution is 2.28. The van der Waals surface area contributed by atoms with Crippen LogP contribution in [0.5, 0.6) is 0 Å². The van der Waals surface area contributed by atoms with Crippen molar-refractivity contribution in [2.45, 2.75) is 30.4 Å². The van der Waals surface area contributed by atoms with E-state index in [0.29, 0.717) is 0 Å². The summed E-state index contributed by atoms with van der Waals surface area (Å²) in [5.41, 5.74) is 0. The molecule has 1 unspecified atom stereocenters. The second-order valence-electron chi connectivity index (χ2n) is 3.50. The highest BCUT2D eigenvalue weighted by atomic mass is 16.8. The third-order valence-electron chi connectivity index (χ3n) is 2.34. The van der Waals surface area contributed by atoms with E-state index in [-0.39, 0.29) is 6.61 Å². The van der Waals surface area contributed by atoms with Gasteiger partial charge >= 0.3 is 5.97 Å². The first-order valence-corrected chi connectivity index (χ1v) is 4.76. The number of hydrogen-bond donors (Lipinski definition) is 5. The average Bonchev–Trinajstić information content (AvgIpc) is 2.29. The minimum atomic E-state index is -2.47. The van der Waals surface area contributed by atoms with E-state index < -0.39 is 37.0 Å². The molecule has 1 saturated heterocycles. The van der Waals surface area contributed by atoms with Gasteiger partial charge < -0.3 is 35.0 Å². The van der Waals surface area contributed by atoms with E-state index in [1.165, 1.54) is 6.08 Å². The molecule has 0 saturated carbocycles. The van der Waals surface area contributed by atoms with Crippen LogP contribution >= 0.6 is 0 Å². The van der Waals surface area contributed by atoms with Crippen LogP contribution in [0.25, 0.3) is 0 Å². The molecule has 94 valence electrons. The maximum atomic E-state index is 9.74. The van der Waals surface area contributed by atoms with Gasteiger partial charge in [-0.05, 0) is 0 Å². The number of hydrogen-bond acceptors (Lipinski definition) is 7. The fraction of sp³-hybridized carbons (Fsp3) is 0.778. The molecule has 1 rings (SSSR count). The molecule has 0 aliphatic carbocycles. The molecule has 0 aromatic carbocycles. The Morgan fingerprint density at radius 1 is 1.31 bits per heavy atom. The lowest BCUT2D eigenvalue weighted by Crippen LogP contribution is -2.66. The second-order valence-corrected chi connectivity index (χ2v) is 3.50. The zero-order valence-corrected chi connectivity index (χ0v) is 8.56. The van der Waals surface area contributed by atoms with E-state index in [0.717, 1.165) is 0 Å². The Morgan fingerprint density at radius 3 is 2.44 bits per heavy atom. The highest BCUT2D eigenvalue weighted by Gasteiger charge is 2.53. The Kier molecular flexibility index (Phi) is 4.39. The molecule has 1 aliphatic heterocycles. The van der Waals surface area contributed by atoms with Crippen molar-refractivity contribution in [1.82, 2.24) is 0 Å². The summed E-state index contributed by atoms with van der Waals surface area (Å²) < 4.78 is 9.56. The molecule has 0 amide bonds. The lowest BCUT2D eigenvalue weighted by atomic mass is 9.98. The van der Waals surface area contributed by atoms with Gasteiger partial charge in [0.05, 0.1) is 13.2 Å². The van der Waals surface area contributed by atoms with Crippen LogP contribution in [0, 0.1) is 0 Å². The van der Waals surface area contributed by atoms with Gasteiger partial charge in [0.15, 0.2) is 6.10 Å². The lowest BCUT2D eigenvalue weighted by Gasteiger charge is -2.44. The highest BCUT2D eigenvalue weighted by molar-refractivity contribution is 4.92. The summed E-state index contributed by atoms with van der Waals surface area (Å²) in [7, 11) is 0. The van der Waals surface area contributed by atoms with Crippen LogP contribution in [-0.4, -0.2) is 69.1 Å². The Morgan fingerprint density at radius 2 is 1.94 bits per heavy atom. The quantitative estimate of drug-likeness (QED) is 0.266. The summed E-state index contributed by atoms with van der Waals surface area (Å²) in [6.07, 6.45) is -4.97. The number of aliphatic hydroxyl groups is 5. The predicted molar refractivity (Wildman–Crippen MR) is 51.1 cm³/mol. The molecular weight excluding hydrogens is 220 g/mol. The van der Waals surface area contributed by atoms with E-state index in [1.54, 1.807) is 0 Å². The van der Waals surface area contributed by atoms with Crippen molar-refractivity contribution in [2.75, 3.05) is 13.2 Å². The van der Waals surface area contributed by atoms with Gasteiger partial charge in [-0.25, -0.2) is 0 Å². The van der Waals surface area contributed by atoms with Crippen molar-refractivity contribution in [1.29, 1.82) is 0 Å². The molecule has 7 heteroatoms. The van der Waals surface area contributed by atoms with Crippen molar-refractivity contribution < 1.29 is 35.0 Å². The smallest absolute Gasteiger partial charge is 0.311 e. The van der Waals surface area contributed by atoms with Crippen LogP contribution in [0.1, 0.15) is 0 Å². The van der Waals surface area contributed by atoms with Crippen LogP contribution < -0.4 is 0 Å². The molecule has 1 heterocycles. The van der Waals surface area contributed by atoms with Crippen LogP contribution in [0.4, 0.5) is 0 Å². The minimum absolute atomic E-state index is 0.130. The molecule has 0 radical (unpaired) electrons. The Hall–Kier alpha value is -0.540. The summed E-state index contributed by atoms with van der Waals surface area (Å²) in [6.45, 7) is 2.58. The molecule has 7 nitrogen and oxygen atoms in total. The molecule has 0 aromatic rings. The summed E-state index contributed by atoms with van der Waals surface area (Å²) in [5, 5.41) is 46.9. The first kappa shape index (κ1) is 13.5.